The number of anilines is 2. The zero-order chi connectivity index (χ0) is 18.1. The lowest BCUT2D eigenvalue weighted by molar-refractivity contribution is 0.0992. The molecule has 0 bridgehead atoms. The van der Waals surface area contributed by atoms with Crippen LogP contribution >= 0.6 is 11.8 Å². The lowest BCUT2D eigenvalue weighted by Crippen LogP contribution is -2.32. The summed E-state index contributed by atoms with van der Waals surface area (Å²) >= 11 is 1.69. The van der Waals surface area contributed by atoms with Gasteiger partial charge in [0.2, 0.25) is 0 Å². The zero-order valence-corrected chi connectivity index (χ0v) is 15.5. The van der Waals surface area contributed by atoms with Crippen molar-refractivity contribution in [1.29, 1.82) is 0 Å². The number of aryl methyl sites for hydroxylation is 1. The molecule has 1 atom stereocenters. The van der Waals surface area contributed by atoms with Crippen molar-refractivity contribution in [2.75, 3.05) is 16.5 Å². The van der Waals surface area contributed by atoms with Crippen LogP contribution in [-0.2, 0) is 0 Å². The molecular weight excluding hydrogens is 342 g/mol. The quantitative estimate of drug-likeness (QED) is 0.673. The number of pyridine rings is 1. The highest BCUT2D eigenvalue weighted by Gasteiger charge is 2.38. The SMILES string of the molecule is CSc1cccc(N[C@H]2c3ccccc3C(=O)N2c2ccc(C)cn2)c1. The van der Waals surface area contributed by atoms with E-state index in [1.807, 2.05) is 55.5 Å². The Kier molecular flexibility index (Phi) is 4.39. The molecule has 1 aliphatic rings. The predicted molar refractivity (Wildman–Crippen MR) is 107 cm³/mol. The standard InChI is InChI=1S/C21H19N3OS/c1-14-10-11-19(22-13-14)24-20(17-8-3-4-9-18(17)21(24)25)23-15-6-5-7-16(12-15)26-2/h3-13,20,23H,1-2H3/t20-/m1/s1. The number of rotatable bonds is 4. The summed E-state index contributed by atoms with van der Waals surface area (Å²) in [6, 6.07) is 19.8. The van der Waals surface area contributed by atoms with Crippen LogP contribution in [0.15, 0.2) is 71.8 Å². The first-order valence-electron chi connectivity index (χ1n) is 8.43. The van der Waals surface area contributed by atoms with Crippen LogP contribution in [0.5, 0.6) is 0 Å². The third-order valence-electron chi connectivity index (χ3n) is 4.48. The van der Waals surface area contributed by atoms with E-state index in [9.17, 15) is 4.79 Å². The topological polar surface area (TPSA) is 45.2 Å². The summed E-state index contributed by atoms with van der Waals surface area (Å²) in [6.07, 6.45) is 3.55. The molecule has 4 rings (SSSR count). The molecule has 0 aliphatic carbocycles. The Morgan fingerprint density at radius 2 is 1.92 bits per heavy atom. The van der Waals surface area contributed by atoms with Gasteiger partial charge < -0.3 is 5.32 Å². The van der Waals surface area contributed by atoms with Gasteiger partial charge in [-0.25, -0.2) is 4.98 Å². The molecule has 5 heteroatoms. The molecule has 2 aromatic carbocycles. The molecular formula is C21H19N3OS. The summed E-state index contributed by atoms with van der Waals surface area (Å²) in [5, 5.41) is 3.52. The van der Waals surface area contributed by atoms with Gasteiger partial charge in [0.05, 0.1) is 0 Å². The number of carbonyl (C=O) groups is 1. The van der Waals surface area contributed by atoms with Gasteiger partial charge in [0.1, 0.15) is 12.0 Å². The lowest BCUT2D eigenvalue weighted by atomic mass is 10.1. The Labute approximate surface area is 157 Å². The van der Waals surface area contributed by atoms with Crippen LogP contribution in [0.2, 0.25) is 0 Å². The van der Waals surface area contributed by atoms with Crippen LogP contribution in [0.4, 0.5) is 11.5 Å². The Morgan fingerprint density at radius 3 is 2.69 bits per heavy atom. The molecule has 1 amide bonds. The van der Waals surface area contributed by atoms with E-state index < -0.39 is 0 Å². The number of amides is 1. The highest BCUT2D eigenvalue weighted by Crippen LogP contribution is 2.37. The number of benzene rings is 2. The van der Waals surface area contributed by atoms with Gasteiger partial charge in [0.15, 0.2) is 0 Å². The number of aromatic nitrogens is 1. The molecule has 0 spiro atoms. The average Bonchev–Trinajstić information content (AvgIpc) is 2.95. The number of hydrogen-bond acceptors (Lipinski definition) is 4. The normalized spacial score (nSPS) is 15.8. The van der Waals surface area contributed by atoms with Crippen LogP contribution in [-0.4, -0.2) is 17.1 Å². The summed E-state index contributed by atoms with van der Waals surface area (Å²) < 4.78 is 0. The van der Waals surface area contributed by atoms with Gasteiger partial charge >= 0.3 is 0 Å². The van der Waals surface area contributed by atoms with Crippen molar-refractivity contribution in [1.82, 2.24) is 4.98 Å². The number of carbonyl (C=O) groups excluding carboxylic acids is 1. The van der Waals surface area contributed by atoms with E-state index in [0.29, 0.717) is 11.4 Å². The third-order valence-corrected chi connectivity index (χ3v) is 5.20. The van der Waals surface area contributed by atoms with Gasteiger partial charge in [-0.15, -0.1) is 11.8 Å². The van der Waals surface area contributed by atoms with Gasteiger partial charge in [-0.1, -0.05) is 30.3 Å². The molecule has 0 radical (unpaired) electrons. The van der Waals surface area contributed by atoms with E-state index in [0.717, 1.165) is 16.8 Å². The van der Waals surface area contributed by atoms with Crippen molar-refractivity contribution in [2.45, 2.75) is 18.0 Å². The minimum Gasteiger partial charge on any atom is -0.361 e. The second kappa shape index (κ2) is 6.84. The number of fused-ring (bicyclic) bond motifs is 1. The number of hydrogen-bond donors (Lipinski definition) is 1. The Morgan fingerprint density at radius 1 is 1.08 bits per heavy atom. The molecule has 1 aliphatic heterocycles. The largest absolute Gasteiger partial charge is 0.361 e. The maximum Gasteiger partial charge on any atom is 0.261 e. The minimum absolute atomic E-state index is 0.0320. The zero-order valence-electron chi connectivity index (χ0n) is 14.6. The minimum atomic E-state index is -0.286. The van der Waals surface area contributed by atoms with Gasteiger partial charge in [0.25, 0.3) is 5.91 Å². The molecule has 2 heterocycles. The Bertz CT molecular complexity index is 955. The van der Waals surface area contributed by atoms with Crippen molar-refractivity contribution in [2.24, 2.45) is 0 Å². The first-order valence-corrected chi connectivity index (χ1v) is 9.65. The van der Waals surface area contributed by atoms with E-state index in [-0.39, 0.29) is 12.1 Å². The molecule has 1 N–H and O–H groups in total. The second-order valence-corrected chi connectivity index (χ2v) is 7.11. The van der Waals surface area contributed by atoms with Gasteiger partial charge in [0, 0.05) is 27.9 Å². The van der Waals surface area contributed by atoms with Crippen molar-refractivity contribution in [3.8, 4) is 0 Å². The van der Waals surface area contributed by atoms with E-state index in [1.54, 1.807) is 22.9 Å². The molecule has 4 nitrogen and oxygen atoms in total. The highest BCUT2D eigenvalue weighted by molar-refractivity contribution is 7.98. The smallest absolute Gasteiger partial charge is 0.261 e. The third kappa shape index (κ3) is 2.95. The highest BCUT2D eigenvalue weighted by atomic mass is 32.2. The Balaban J connectivity index is 1.76. The van der Waals surface area contributed by atoms with E-state index in [2.05, 4.69) is 28.7 Å². The van der Waals surface area contributed by atoms with Crippen molar-refractivity contribution >= 4 is 29.2 Å². The number of nitrogens with zero attached hydrogens (tertiary/aromatic N) is 2. The van der Waals surface area contributed by atoms with Crippen LogP contribution < -0.4 is 10.2 Å². The van der Waals surface area contributed by atoms with E-state index in [1.165, 1.54) is 4.90 Å². The van der Waals surface area contributed by atoms with E-state index >= 15 is 0 Å². The molecule has 1 aromatic heterocycles. The predicted octanol–water partition coefficient (Wildman–Crippen LogP) is 4.88. The van der Waals surface area contributed by atoms with Crippen LogP contribution in [0.1, 0.15) is 27.7 Å². The van der Waals surface area contributed by atoms with E-state index in [4.69, 9.17) is 0 Å². The molecule has 130 valence electrons. The maximum atomic E-state index is 13.0. The number of nitrogens with one attached hydrogen (secondary N) is 1. The summed E-state index contributed by atoms with van der Waals surface area (Å²) in [7, 11) is 0. The van der Waals surface area contributed by atoms with Gasteiger partial charge in [-0.3, -0.25) is 9.69 Å². The van der Waals surface area contributed by atoms with Gasteiger partial charge in [-0.2, -0.15) is 0 Å². The number of thioether (sulfide) groups is 1. The average molecular weight is 361 g/mol. The van der Waals surface area contributed by atoms with Crippen LogP contribution in [0.25, 0.3) is 0 Å². The van der Waals surface area contributed by atoms with Crippen molar-refractivity contribution in [3.63, 3.8) is 0 Å². The summed E-state index contributed by atoms with van der Waals surface area (Å²) in [4.78, 5) is 20.4. The second-order valence-electron chi connectivity index (χ2n) is 6.23. The monoisotopic (exact) mass is 361 g/mol. The fourth-order valence-electron chi connectivity index (χ4n) is 3.17. The fraction of sp³-hybridized carbons (Fsp3) is 0.143. The van der Waals surface area contributed by atoms with Gasteiger partial charge in [-0.05, 0) is 49.1 Å². The molecule has 0 saturated heterocycles. The summed E-state index contributed by atoms with van der Waals surface area (Å²) in [6.45, 7) is 1.99. The molecule has 3 aromatic rings. The van der Waals surface area contributed by atoms with Crippen molar-refractivity contribution < 1.29 is 4.79 Å². The lowest BCUT2D eigenvalue weighted by Gasteiger charge is -2.26. The first kappa shape index (κ1) is 16.7. The fourth-order valence-corrected chi connectivity index (χ4v) is 3.63. The molecule has 26 heavy (non-hydrogen) atoms. The Hall–Kier alpha value is -2.79. The summed E-state index contributed by atoms with van der Waals surface area (Å²) in [5.74, 6) is 0.616. The van der Waals surface area contributed by atoms with Crippen molar-refractivity contribution in [3.05, 3.63) is 83.6 Å². The first-order chi connectivity index (χ1) is 12.7. The molecule has 0 fully saturated rings. The molecule has 0 unspecified atom stereocenters. The van der Waals surface area contributed by atoms with Crippen LogP contribution in [0.3, 0.4) is 0 Å². The summed E-state index contributed by atoms with van der Waals surface area (Å²) in [5.41, 5.74) is 3.72. The molecule has 0 saturated carbocycles. The maximum absolute atomic E-state index is 13.0. The van der Waals surface area contributed by atoms with Crippen LogP contribution in [0, 0.1) is 6.92 Å².